The summed E-state index contributed by atoms with van der Waals surface area (Å²) in [7, 11) is 3.98. The third kappa shape index (κ3) is 5.04. The van der Waals surface area contributed by atoms with E-state index in [1.807, 2.05) is 14.1 Å². The molecule has 1 heterocycles. The summed E-state index contributed by atoms with van der Waals surface area (Å²) in [6.45, 7) is 1.56. The van der Waals surface area contributed by atoms with Crippen molar-refractivity contribution in [1.82, 2.24) is 15.1 Å². The standard InChI is InChI=1S/C12H23N3O4/c1-14(2)6-4-3-5-13-12(19)15-8-9(16)7-10(15)11(17)18/h9-10,16H,3-8H2,1-2H3,(H,13,19)(H,17,18)/t9-,10-/m1/s1. The van der Waals surface area contributed by atoms with E-state index >= 15 is 0 Å². The molecule has 1 aliphatic heterocycles. The Hall–Kier alpha value is -1.34. The van der Waals surface area contributed by atoms with E-state index in [4.69, 9.17) is 5.11 Å². The highest BCUT2D eigenvalue weighted by atomic mass is 16.4. The van der Waals surface area contributed by atoms with Crippen LogP contribution >= 0.6 is 0 Å². The van der Waals surface area contributed by atoms with Crippen LogP contribution in [0.25, 0.3) is 0 Å². The van der Waals surface area contributed by atoms with E-state index in [9.17, 15) is 14.7 Å². The van der Waals surface area contributed by atoms with Crippen LogP contribution in [0.5, 0.6) is 0 Å². The van der Waals surface area contributed by atoms with E-state index < -0.39 is 24.1 Å². The molecule has 19 heavy (non-hydrogen) atoms. The van der Waals surface area contributed by atoms with Gasteiger partial charge >= 0.3 is 12.0 Å². The lowest BCUT2D eigenvalue weighted by atomic mass is 10.2. The molecule has 0 bridgehead atoms. The number of aliphatic carboxylic acids is 1. The van der Waals surface area contributed by atoms with Gasteiger partial charge in [0.05, 0.1) is 6.10 Å². The molecule has 1 fully saturated rings. The average molecular weight is 273 g/mol. The molecule has 1 rings (SSSR count). The molecule has 0 spiro atoms. The van der Waals surface area contributed by atoms with E-state index in [2.05, 4.69) is 10.2 Å². The summed E-state index contributed by atoms with van der Waals surface area (Å²) in [6, 6.07) is -1.33. The quantitative estimate of drug-likeness (QED) is 0.570. The molecule has 0 aliphatic carbocycles. The third-order valence-corrected chi connectivity index (χ3v) is 3.13. The van der Waals surface area contributed by atoms with Gasteiger partial charge in [-0.05, 0) is 33.5 Å². The highest BCUT2D eigenvalue weighted by Crippen LogP contribution is 2.17. The summed E-state index contributed by atoms with van der Waals surface area (Å²) in [6.07, 6.45) is 1.17. The average Bonchev–Trinajstić information content (AvgIpc) is 2.70. The molecule has 0 unspecified atom stereocenters. The first-order valence-electron chi connectivity index (χ1n) is 6.52. The number of amides is 2. The predicted octanol–water partition coefficient (Wildman–Crippen LogP) is -0.442. The number of likely N-dealkylation sites (tertiary alicyclic amines) is 1. The van der Waals surface area contributed by atoms with Crippen LogP contribution < -0.4 is 5.32 Å². The zero-order valence-corrected chi connectivity index (χ0v) is 11.5. The maximum atomic E-state index is 11.8. The number of unbranched alkanes of at least 4 members (excludes halogenated alkanes) is 1. The summed E-state index contributed by atoms with van der Waals surface area (Å²) in [5.41, 5.74) is 0. The molecule has 1 saturated heterocycles. The monoisotopic (exact) mass is 273 g/mol. The topological polar surface area (TPSA) is 93.1 Å². The maximum absolute atomic E-state index is 11.8. The molecule has 0 aromatic rings. The van der Waals surface area contributed by atoms with Gasteiger partial charge in [0.15, 0.2) is 0 Å². The molecule has 3 N–H and O–H groups in total. The van der Waals surface area contributed by atoms with E-state index in [0.717, 1.165) is 19.4 Å². The highest BCUT2D eigenvalue weighted by molar-refractivity contribution is 5.83. The van der Waals surface area contributed by atoms with Gasteiger partial charge in [-0.1, -0.05) is 0 Å². The van der Waals surface area contributed by atoms with E-state index in [-0.39, 0.29) is 13.0 Å². The number of carbonyl (C=O) groups is 2. The number of aliphatic hydroxyl groups is 1. The van der Waals surface area contributed by atoms with E-state index in [0.29, 0.717) is 6.54 Å². The molecule has 7 heteroatoms. The summed E-state index contributed by atoms with van der Waals surface area (Å²) >= 11 is 0. The van der Waals surface area contributed by atoms with E-state index in [1.54, 1.807) is 0 Å². The SMILES string of the molecule is CN(C)CCCCNC(=O)N1C[C@H](O)C[C@@H]1C(=O)O. The third-order valence-electron chi connectivity index (χ3n) is 3.13. The fraction of sp³-hybridized carbons (Fsp3) is 0.833. The number of rotatable bonds is 6. The van der Waals surface area contributed by atoms with Crippen molar-refractivity contribution in [2.75, 3.05) is 33.7 Å². The molecule has 0 radical (unpaired) electrons. The molecule has 2 amide bonds. The number of aliphatic hydroxyl groups excluding tert-OH is 1. The fourth-order valence-corrected chi connectivity index (χ4v) is 2.12. The Morgan fingerprint density at radius 2 is 2.05 bits per heavy atom. The number of hydrogen-bond acceptors (Lipinski definition) is 4. The number of β-amino-alcohol motifs (C(OH)–C–C–N with tert-alkyl or cyclic N) is 1. The van der Waals surface area contributed by atoms with Crippen LogP contribution in [0.2, 0.25) is 0 Å². The maximum Gasteiger partial charge on any atom is 0.326 e. The Labute approximate surface area is 113 Å². The molecule has 0 aromatic carbocycles. The van der Waals surface area contributed by atoms with Gasteiger partial charge < -0.3 is 25.3 Å². The van der Waals surface area contributed by atoms with Crippen LogP contribution in [0.15, 0.2) is 0 Å². The minimum absolute atomic E-state index is 0.0838. The summed E-state index contributed by atoms with van der Waals surface area (Å²) in [5, 5.41) is 21.1. The van der Waals surface area contributed by atoms with Crippen molar-refractivity contribution in [1.29, 1.82) is 0 Å². The van der Waals surface area contributed by atoms with Crippen LogP contribution in [0.3, 0.4) is 0 Å². The normalized spacial score (nSPS) is 22.8. The van der Waals surface area contributed by atoms with Crippen molar-refractivity contribution < 1.29 is 19.8 Å². The van der Waals surface area contributed by atoms with Crippen molar-refractivity contribution in [3.63, 3.8) is 0 Å². The Balaban J connectivity index is 2.30. The molecular weight excluding hydrogens is 250 g/mol. The Morgan fingerprint density at radius 3 is 2.63 bits per heavy atom. The second kappa shape index (κ2) is 7.30. The van der Waals surface area contributed by atoms with Crippen LogP contribution in [-0.2, 0) is 4.79 Å². The molecule has 0 saturated carbocycles. The van der Waals surface area contributed by atoms with Gasteiger partial charge in [0.25, 0.3) is 0 Å². The van der Waals surface area contributed by atoms with Gasteiger partial charge in [-0.2, -0.15) is 0 Å². The number of nitrogens with zero attached hydrogens (tertiary/aromatic N) is 2. The number of urea groups is 1. The van der Waals surface area contributed by atoms with Gasteiger partial charge in [0.2, 0.25) is 0 Å². The number of carboxylic acids is 1. The molecule has 2 atom stereocenters. The van der Waals surface area contributed by atoms with Crippen molar-refractivity contribution in [3.05, 3.63) is 0 Å². The van der Waals surface area contributed by atoms with Crippen molar-refractivity contribution >= 4 is 12.0 Å². The molecule has 1 aliphatic rings. The molecular formula is C12H23N3O4. The largest absolute Gasteiger partial charge is 0.480 e. The van der Waals surface area contributed by atoms with Gasteiger partial charge in [0.1, 0.15) is 6.04 Å². The lowest BCUT2D eigenvalue weighted by molar-refractivity contribution is -0.141. The van der Waals surface area contributed by atoms with Crippen molar-refractivity contribution in [3.8, 4) is 0 Å². The molecule has 7 nitrogen and oxygen atoms in total. The lowest BCUT2D eigenvalue weighted by Crippen LogP contribution is -2.46. The lowest BCUT2D eigenvalue weighted by Gasteiger charge is -2.21. The minimum Gasteiger partial charge on any atom is -0.480 e. The number of carbonyl (C=O) groups excluding carboxylic acids is 1. The number of hydrogen-bond donors (Lipinski definition) is 3. The molecule has 110 valence electrons. The van der Waals surface area contributed by atoms with Crippen LogP contribution in [-0.4, -0.2) is 77.9 Å². The van der Waals surface area contributed by atoms with Crippen LogP contribution in [0, 0.1) is 0 Å². The highest BCUT2D eigenvalue weighted by Gasteiger charge is 2.38. The first-order chi connectivity index (χ1) is 8.91. The zero-order valence-electron chi connectivity index (χ0n) is 11.5. The predicted molar refractivity (Wildman–Crippen MR) is 69.9 cm³/mol. The first-order valence-corrected chi connectivity index (χ1v) is 6.52. The molecule has 0 aromatic heterocycles. The Kier molecular flexibility index (Phi) is 6.04. The minimum atomic E-state index is -1.07. The van der Waals surface area contributed by atoms with Crippen LogP contribution in [0.1, 0.15) is 19.3 Å². The van der Waals surface area contributed by atoms with Gasteiger partial charge in [-0.15, -0.1) is 0 Å². The van der Waals surface area contributed by atoms with Crippen molar-refractivity contribution in [2.45, 2.75) is 31.4 Å². The second-order valence-electron chi connectivity index (χ2n) is 5.14. The van der Waals surface area contributed by atoms with Crippen molar-refractivity contribution in [2.24, 2.45) is 0 Å². The smallest absolute Gasteiger partial charge is 0.326 e. The summed E-state index contributed by atoms with van der Waals surface area (Å²) in [4.78, 5) is 26.1. The Morgan fingerprint density at radius 1 is 1.37 bits per heavy atom. The van der Waals surface area contributed by atoms with Crippen LogP contribution in [0.4, 0.5) is 4.79 Å². The van der Waals surface area contributed by atoms with Gasteiger partial charge in [-0.25, -0.2) is 9.59 Å². The second-order valence-corrected chi connectivity index (χ2v) is 5.14. The summed E-state index contributed by atoms with van der Waals surface area (Å²) < 4.78 is 0. The fourth-order valence-electron chi connectivity index (χ4n) is 2.12. The first kappa shape index (κ1) is 15.7. The Bertz CT molecular complexity index is 322. The van der Waals surface area contributed by atoms with Gasteiger partial charge in [0, 0.05) is 19.5 Å². The number of nitrogens with one attached hydrogen (secondary N) is 1. The van der Waals surface area contributed by atoms with Gasteiger partial charge in [-0.3, -0.25) is 0 Å². The summed E-state index contributed by atoms with van der Waals surface area (Å²) in [5.74, 6) is -1.07. The zero-order chi connectivity index (χ0) is 14.4. The van der Waals surface area contributed by atoms with E-state index in [1.165, 1.54) is 4.90 Å². The number of carboxylic acid groups (broad SMARTS) is 1.